The molecule has 0 aromatic carbocycles. The van der Waals surface area contributed by atoms with Crippen molar-refractivity contribution in [2.24, 2.45) is 0 Å². The molecule has 6 nitrogen and oxygen atoms in total. The lowest BCUT2D eigenvalue weighted by Crippen LogP contribution is -2.49. The van der Waals surface area contributed by atoms with Gasteiger partial charge in [-0.2, -0.15) is 0 Å². The molecule has 0 spiro atoms. The number of amides is 1. The molecule has 1 aromatic rings. The van der Waals surface area contributed by atoms with Gasteiger partial charge in [-0.05, 0) is 19.8 Å². The summed E-state index contributed by atoms with van der Waals surface area (Å²) in [5.41, 5.74) is 5.60. The zero-order valence-corrected chi connectivity index (χ0v) is 12.3. The molecular formula is C12H20N4O2S. The molecule has 0 atom stereocenters. The smallest absolute Gasteiger partial charge is 0.265 e. The highest BCUT2D eigenvalue weighted by Gasteiger charge is 2.30. The Bertz CT molecular complexity index is 466. The second kappa shape index (κ2) is 5.34. The predicted octanol–water partition coefficient (Wildman–Crippen LogP) is 1.09. The molecule has 7 heteroatoms. The third-order valence-electron chi connectivity index (χ3n) is 3.24. The molecule has 3 N–H and O–H groups in total. The van der Waals surface area contributed by atoms with E-state index < -0.39 is 0 Å². The SMILES string of the molecule is CN(C)c1nc(N)c(C(=O)NC2(C)CCOCC2)s1. The second-order valence-electron chi connectivity index (χ2n) is 5.23. The van der Waals surface area contributed by atoms with Crippen LogP contribution in [0.4, 0.5) is 10.9 Å². The maximum atomic E-state index is 12.3. The monoisotopic (exact) mass is 284 g/mol. The van der Waals surface area contributed by atoms with E-state index in [1.165, 1.54) is 11.3 Å². The van der Waals surface area contributed by atoms with Crippen LogP contribution in [-0.4, -0.2) is 43.7 Å². The number of aromatic nitrogens is 1. The number of nitrogens with zero attached hydrogens (tertiary/aromatic N) is 2. The Kier molecular flexibility index (Phi) is 3.96. The fourth-order valence-corrected chi connectivity index (χ4v) is 2.76. The lowest BCUT2D eigenvalue weighted by molar-refractivity contribution is 0.0424. The second-order valence-corrected chi connectivity index (χ2v) is 6.21. The first-order valence-corrected chi connectivity index (χ1v) is 7.07. The molecule has 0 bridgehead atoms. The minimum atomic E-state index is -0.218. The number of nitrogen functional groups attached to an aromatic ring is 1. The normalized spacial score (nSPS) is 18.1. The third kappa shape index (κ3) is 3.16. The van der Waals surface area contributed by atoms with E-state index in [2.05, 4.69) is 10.3 Å². The van der Waals surface area contributed by atoms with Gasteiger partial charge in [-0.3, -0.25) is 4.79 Å². The van der Waals surface area contributed by atoms with Crippen LogP contribution in [0.2, 0.25) is 0 Å². The van der Waals surface area contributed by atoms with Crippen molar-refractivity contribution in [1.29, 1.82) is 0 Å². The average Bonchev–Trinajstić information content (AvgIpc) is 2.72. The number of nitrogens with two attached hydrogens (primary N) is 1. The highest BCUT2D eigenvalue weighted by atomic mass is 32.1. The number of carbonyl (C=O) groups is 1. The standard InChI is InChI=1S/C12H20N4O2S/c1-12(4-6-18-7-5-12)15-10(17)8-9(13)14-11(19-8)16(2)3/h4-7,13H2,1-3H3,(H,15,17). The molecule has 1 fully saturated rings. The zero-order chi connectivity index (χ0) is 14.0. The molecule has 1 amide bonds. The van der Waals surface area contributed by atoms with Gasteiger partial charge in [0.25, 0.3) is 5.91 Å². The van der Waals surface area contributed by atoms with Gasteiger partial charge in [0, 0.05) is 32.8 Å². The van der Waals surface area contributed by atoms with E-state index in [4.69, 9.17) is 10.5 Å². The number of nitrogens with one attached hydrogen (secondary N) is 1. The molecule has 2 heterocycles. The van der Waals surface area contributed by atoms with Crippen LogP contribution >= 0.6 is 11.3 Å². The summed E-state index contributed by atoms with van der Waals surface area (Å²) in [4.78, 5) is 18.8. The van der Waals surface area contributed by atoms with E-state index in [9.17, 15) is 4.79 Å². The summed E-state index contributed by atoms with van der Waals surface area (Å²) in [6, 6.07) is 0. The fraction of sp³-hybridized carbons (Fsp3) is 0.667. The molecule has 0 radical (unpaired) electrons. The van der Waals surface area contributed by atoms with Crippen molar-refractivity contribution in [3.05, 3.63) is 4.88 Å². The minimum absolute atomic E-state index is 0.146. The fourth-order valence-electron chi connectivity index (χ4n) is 1.95. The number of carbonyl (C=O) groups excluding carboxylic acids is 1. The van der Waals surface area contributed by atoms with E-state index in [1.54, 1.807) is 0 Å². The van der Waals surface area contributed by atoms with Crippen LogP contribution in [0.5, 0.6) is 0 Å². The quantitative estimate of drug-likeness (QED) is 0.868. The molecule has 2 rings (SSSR count). The van der Waals surface area contributed by atoms with Crippen LogP contribution in [0.3, 0.4) is 0 Å². The maximum Gasteiger partial charge on any atom is 0.265 e. The van der Waals surface area contributed by atoms with Crippen LogP contribution in [0.15, 0.2) is 0 Å². The van der Waals surface area contributed by atoms with E-state index in [-0.39, 0.29) is 11.4 Å². The first-order chi connectivity index (χ1) is 8.91. The summed E-state index contributed by atoms with van der Waals surface area (Å²) < 4.78 is 5.32. The minimum Gasteiger partial charge on any atom is -0.382 e. The van der Waals surface area contributed by atoms with Crippen molar-refractivity contribution >= 4 is 28.2 Å². The maximum absolute atomic E-state index is 12.3. The number of anilines is 2. The third-order valence-corrected chi connectivity index (χ3v) is 4.48. The summed E-state index contributed by atoms with van der Waals surface area (Å²) in [5.74, 6) is 0.148. The van der Waals surface area contributed by atoms with Gasteiger partial charge >= 0.3 is 0 Å². The molecular weight excluding hydrogens is 264 g/mol. The first-order valence-electron chi connectivity index (χ1n) is 6.25. The molecule has 0 saturated carbocycles. The number of ether oxygens (including phenoxy) is 1. The molecule has 1 aliphatic heterocycles. The lowest BCUT2D eigenvalue weighted by Gasteiger charge is -2.34. The van der Waals surface area contributed by atoms with Crippen LogP contribution in [0.25, 0.3) is 0 Å². The predicted molar refractivity (Wildman–Crippen MR) is 76.8 cm³/mol. The highest BCUT2D eigenvalue weighted by molar-refractivity contribution is 7.18. The lowest BCUT2D eigenvalue weighted by atomic mass is 9.92. The zero-order valence-electron chi connectivity index (χ0n) is 11.5. The van der Waals surface area contributed by atoms with E-state index in [1.807, 2.05) is 25.9 Å². The van der Waals surface area contributed by atoms with Gasteiger partial charge in [0.15, 0.2) is 5.13 Å². The molecule has 106 valence electrons. The number of hydrogen-bond acceptors (Lipinski definition) is 6. The van der Waals surface area contributed by atoms with Crippen LogP contribution in [0.1, 0.15) is 29.4 Å². The van der Waals surface area contributed by atoms with Gasteiger partial charge in [0.2, 0.25) is 0 Å². The number of rotatable bonds is 3. The van der Waals surface area contributed by atoms with Crippen molar-refractivity contribution in [2.75, 3.05) is 37.9 Å². The van der Waals surface area contributed by atoms with Crippen LogP contribution in [-0.2, 0) is 4.74 Å². The molecule has 0 aliphatic carbocycles. The Morgan fingerprint density at radius 2 is 2.11 bits per heavy atom. The summed E-state index contributed by atoms with van der Waals surface area (Å²) in [7, 11) is 3.75. The van der Waals surface area contributed by atoms with Gasteiger partial charge < -0.3 is 20.7 Å². The summed E-state index contributed by atoms with van der Waals surface area (Å²) in [5, 5.41) is 3.79. The average molecular weight is 284 g/mol. The Hall–Kier alpha value is -1.34. The Morgan fingerprint density at radius 3 is 2.63 bits per heavy atom. The van der Waals surface area contributed by atoms with Crippen molar-refractivity contribution in [3.63, 3.8) is 0 Å². The largest absolute Gasteiger partial charge is 0.382 e. The van der Waals surface area contributed by atoms with Crippen molar-refractivity contribution < 1.29 is 9.53 Å². The summed E-state index contributed by atoms with van der Waals surface area (Å²) in [6.45, 7) is 3.40. The topological polar surface area (TPSA) is 80.5 Å². The molecule has 1 saturated heterocycles. The van der Waals surface area contributed by atoms with Gasteiger partial charge in [-0.15, -0.1) is 0 Å². The van der Waals surface area contributed by atoms with Gasteiger partial charge in [0.1, 0.15) is 10.7 Å². The molecule has 0 unspecified atom stereocenters. The number of hydrogen-bond donors (Lipinski definition) is 2. The van der Waals surface area contributed by atoms with Crippen molar-refractivity contribution in [1.82, 2.24) is 10.3 Å². The summed E-state index contributed by atoms with van der Waals surface area (Å²) >= 11 is 1.31. The highest BCUT2D eigenvalue weighted by Crippen LogP contribution is 2.28. The van der Waals surface area contributed by atoms with Gasteiger partial charge in [-0.25, -0.2) is 4.98 Å². The van der Waals surface area contributed by atoms with Crippen LogP contribution in [0, 0.1) is 0 Å². The van der Waals surface area contributed by atoms with E-state index in [0.717, 1.165) is 18.0 Å². The Labute approximate surface area is 116 Å². The first kappa shape index (κ1) is 14.1. The van der Waals surface area contributed by atoms with Gasteiger partial charge in [-0.1, -0.05) is 11.3 Å². The Morgan fingerprint density at radius 1 is 1.47 bits per heavy atom. The van der Waals surface area contributed by atoms with Crippen LogP contribution < -0.4 is 16.0 Å². The molecule has 1 aliphatic rings. The molecule has 1 aromatic heterocycles. The summed E-state index contributed by atoms with van der Waals surface area (Å²) in [6.07, 6.45) is 1.63. The van der Waals surface area contributed by atoms with E-state index >= 15 is 0 Å². The van der Waals surface area contributed by atoms with Crippen molar-refractivity contribution in [2.45, 2.75) is 25.3 Å². The Balaban J connectivity index is 2.11. The molecule has 19 heavy (non-hydrogen) atoms. The number of thiazole rings is 1. The van der Waals surface area contributed by atoms with Gasteiger partial charge in [0.05, 0.1) is 0 Å². The van der Waals surface area contributed by atoms with Crippen molar-refractivity contribution in [3.8, 4) is 0 Å². The van der Waals surface area contributed by atoms with E-state index in [0.29, 0.717) is 23.9 Å².